The third-order valence-electron chi connectivity index (χ3n) is 4.51. The van der Waals surface area contributed by atoms with E-state index in [4.69, 9.17) is 25.8 Å². The van der Waals surface area contributed by atoms with E-state index in [2.05, 4.69) is 5.32 Å². The lowest BCUT2D eigenvalue weighted by Crippen LogP contribution is -2.25. The fourth-order valence-corrected chi connectivity index (χ4v) is 2.88. The molecular formula is C25H27ClN2O5. The van der Waals surface area contributed by atoms with Crippen molar-refractivity contribution in [2.24, 2.45) is 0 Å². The first-order valence-electron chi connectivity index (χ1n) is 10.6. The Morgan fingerprint density at radius 1 is 1.12 bits per heavy atom. The average molecular weight is 471 g/mol. The molecule has 33 heavy (non-hydrogen) atoms. The van der Waals surface area contributed by atoms with Crippen LogP contribution < -0.4 is 19.5 Å². The number of nitrogens with one attached hydrogen (secondary N) is 1. The van der Waals surface area contributed by atoms with E-state index >= 15 is 0 Å². The van der Waals surface area contributed by atoms with E-state index in [-0.39, 0.29) is 17.7 Å². The van der Waals surface area contributed by atoms with Crippen molar-refractivity contribution in [1.29, 1.82) is 5.26 Å². The Morgan fingerprint density at radius 2 is 1.88 bits per heavy atom. The molecule has 0 saturated carbocycles. The maximum Gasteiger partial charge on any atom is 0.311 e. The number of carbonyl (C=O) groups excluding carboxylic acids is 2. The van der Waals surface area contributed by atoms with Crippen LogP contribution in [0, 0.1) is 11.3 Å². The van der Waals surface area contributed by atoms with E-state index < -0.39 is 11.9 Å². The predicted octanol–water partition coefficient (Wildman–Crippen LogP) is 4.94. The highest BCUT2D eigenvalue weighted by Gasteiger charge is 2.13. The van der Waals surface area contributed by atoms with Crippen LogP contribution in [0.3, 0.4) is 0 Å². The number of amides is 1. The number of rotatable bonds is 12. The van der Waals surface area contributed by atoms with Crippen molar-refractivity contribution in [2.75, 3.05) is 20.3 Å². The summed E-state index contributed by atoms with van der Waals surface area (Å²) in [7, 11) is 1.45. The van der Waals surface area contributed by atoms with Crippen LogP contribution in [0.2, 0.25) is 5.02 Å². The molecule has 7 nitrogen and oxygen atoms in total. The lowest BCUT2D eigenvalue weighted by Gasteiger charge is -2.11. The van der Waals surface area contributed by atoms with Crippen LogP contribution in [-0.4, -0.2) is 32.1 Å². The van der Waals surface area contributed by atoms with E-state index in [1.165, 1.54) is 13.2 Å². The predicted molar refractivity (Wildman–Crippen MR) is 126 cm³/mol. The van der Waals surface area contributed by atoms with Gasteiger partial charge in [-0.1, -0.05) is 31.0 Å². The number of hydrogen-bond donors (Lipinski definition) is 1. The topological polar surface area (TPSA) is 97.7 Å². The molecule has 0 fully saturated rings. The summed E-state index contributed by atoms with van der Waals surface area (Å²) in [5.74, 6) is 0.391. The summed E-state index contributed by atoms with van der Waals surface area (Å²) in [6.45, 7) is 2.88. The van der Waals surface area contributed by atoms with Crippen molar-refractivity contribution in [3.63, 3.8) is 0 Å². The highest BCUT2D eigenvalue weighted by Crippen LogP contribution is 2.29. The Bertz CT molecular complexity index is 1010. The van der Waals surface area contributed by atoms with Crippen LogP contribution in [0.4, 0.5) is 0 Å². The zero-order valence-corrected chi connectivity index (χ0v) is 19.5. The van der Waals surface area contributed by atoms with E-state index in [0.717, 1.165) is 12.8 Å². The molecule has 0 atom stereocenters. The summed E-state index contributed by atoms with van der Waals surface area (Å²) in [5, 5.41) is 12.6. The van der Waals surface area contributed by atoms with E-state index in [1.54, 1.807) is 42.5 Å². The largest absolute Gasteiger partial charge is 0.494 e. The zero-order chi connectivity index (χ0) is 24.1. The van der Waals surface area contributed by atoms with Crippen LogP contribution in [0.15, 0.2) is 48.0 Å². The molecule has 2 rings (SSSR count). The molecule has 0 aromatic heterocycles. The molecule has 2 aromatic carbocycles. The third kappa shape index (κ3) is 8.87. The fourth-order valence-electron chi connectivity index (χ4n) is 2.76. The molecule has 0 aliphatic carbocycles. The normalized spacial score (nSPS) is 10.8. The van der Waals surface area contributed by atoms with Gasteiger partial charge in [-0.05, 0) is 60.9 Å². The molecule has 0 heterocycles. The van der Waals surface area contributed by atoms with Crippen molar-refractivity contribution in [3.8, 4) is 23.3 Å². The van der Waals surface area contributed by atoms with Gasteiger partial charge < -0.3 is 19.5 Å². The second-order valence-corrected chi connectivity index (χ2v) is 7.51. The Hall–Kier alpha value is -3.50. The van der Waals surface area contributed by atoms with Crippen molar-refractivity contribution < 1.29 is 23.8 Å². The summed E-state index contributed by atoms with van der Waals surface area (Å²) >= 11 is 5.83. The molecular weight excluding hydrogens is 444 g/mol. The molecule has 8 heteroatoms. The maximum absolute atomic E-state index is 12.2. The molecule has 0 spiro atoms. The minimum atomic E-state index is -0.429. The zero-order valence-electron chi connectivity index (χ0n) is 18.7. The van der Waals surface area contributed by atoms with E-state index in [1.807, 2.05) is 13.0 Å². The molecule has 0 aliphatic rings. The van der Waals surface area contributed by atoms with Crippen LogP contribution in [0.5, 0.6) is 17.2 Å². The van der Waals surface area contributed by atoms with Gasteiger partial charge in [0.25, 0.3) is 5.91 Å². The first-order valence-corrected chi connectivity index (χ1v) is 11.0. The standard InChI is InChI=1S/C25H27ClN2O5/c1-3-4-13-28-25(30)19(17-27)15-18-7-12-22(23(16-18)31-2)33-24(29)6-5-14-32-21-10-8-20(26)9-11-21/h7-12,15-16H,3-6,13-14H2,1-2H3,(H,28,30)/b19-15+. The summed E-state index contributed by atoms with van der Waals surface area (Å²) in [5.41, 5.74) is 0.559. The van der Waals surface area contributed by atoms with Gasteiger partial charge in [-0.2, -0.15) is 5.26 Å². The molecule has 2 aromatic rings. The van der Waals surface area contributed by atoms with Gasteiger partial charge in [0.2, 0.25) is 0 Å². The SMILES string of the molecule is CCCCNC(=O)/C(C#N)=C/c1ccc(OC(=O)CCCOc2ccc(Cl)cc2)c(OC)c1. The van der Waals surface area contributed by atoms with Crippen molar-refractivity contribution in [2.45, 2.75) is 32.6 Å². The van der Waals surface area contributed by atoms with Gasteiger partial charge in [0.15, 0.2) is 11.5 Å². The lowest BCUT2D eigenvalue weighted by atomic mass is 10.1. The molecule has 0 saturated heterocycles. The van der Waals surface area contributed by atoms with Gasteiger partial charge in [0, 0.05) is 18.0 Å². The smallest absolute Gasteiger partial charge is 0.311 e. The molecule has 0 aliphatic heterocycles. The minimum absolute atomic E-state index is 0.0152. The summed E-state index contributed by atoms with van der Waals surface area (Å²) < 4.78 is 16.3. The number of ether oxygens (including phenoxy) is 3. The number of esters is 1. The van der Waals surface area contributed by atoms with Crippen LogP contribution in [-0.2, 0) is 9.59 Å². The van der Waals surface area contributed by atoms with Gasteiger partial charge >= 0.3 is 5.97 Å². The number of nitrogens with zero attached hydrogens (tertiary/aromatic N) is 1. The Labute approximate surface area is 198 Å². The first kappa shape index (κ1) is 25.8. The average Bonchev–Trinajstić information content (AvgIpc) is 2.82. The first-order chi connectivity index (χ1) is 16.0. The van der Waals surface area contributed by atoms with Crippen molar-refractivity contribution >= 4 is 29.6 Å². The van der Waals surface area contributed by atoms with Gasteiger partial charge in [-0.25, -0.2) is 0 Å². The molecule has 1 N–H and O–H groups in total. The molecule has 174 valence electrons. The Kier molecular flexibility index (Phi) is 10.8. The van der Waals surface area contributed by atoms with Gasteiger partial charge in [0.1, 0.15) is 17.4 Å². The van der Waals surface area contributed by atoms with Crippen molar-refractivity contribution in [3.05, 3.63) is 58.6 Å². The lowest BCUT2D eigenvalue weighted by molar-refractivity contribution is -0.134. The minimum Gasteiger partial charge on any atom is -0.494 e. The molecule has 0 radical (unpaired) electrons. The second-order valence-electron chi connectivity index (χ2n) is 7.07. The number of methoxy groups -OCH3 is 1. The molecule has 1 amide bonds. The maximum atomic E-state index is 12.2. The number of halogens is 1. The van der Waals surface area contributed by atoms with Crippen LogP contribution in [0.25, 0.3) is 6.08 Å². The van der Waals surface area contributed by atoms with Crippen LogP contribution in [0.1, 0.15) is 38.2 Å². The number of nitriles is 1. The van der Waals surface area contributed by atoms with Gasteiger partial charge in [-0.3, -0.25) is 9.59 Å². The summed E-state index contributed by atoms with van der Waals surface area (Å²) in [6.07, 6.45) is 3.88. The monoisotopic (exact) mass is 470 g/mol. The number of carbonyl (C=O) groups is 2. The Balaban J connectivity index is 1.92. The number of hydrogen-bond acceptors (Lipinski definition) is 6. The summed E-state index contributed by atoms with van der Waals surface area (Å²) in [6, 6.07) is 13.7. The number of unbranched alkanes of at least 4 members (excludes halogenated alkanes) is 1. The number of benzene rings is 2. The highest BCUT2D eigenvalue weighted by molar-refractivity contribution is 6.30. The van der Waals surface area contributed by atoms with E-state index in [0.29, 0.717) is 41.7 Å². The van der Waals surface area contributed by atoms with Crippen molar-refractivity contribution in [1.82, 2.24) is 5.32 Å². The fraction of sp³-hybridized carbons (Fsp3) is 0.320. The molecule has 0 bridgehead atoms. The quantitative estimate of drug-likeness (QED) is 0.155. The van der Waals surface area contributed by atoms with E-state index in [9.17, 15) is 14.9 Å². The Morgan fingerprint density at radius 3 is 2.55 bits per heavy atom. The molecule has 0 unspecified atom stereocenters. The van der Waals surface area contributed by atoms with Crippen LogP contribution >= 0.6 is 11.6 Å². The second kappa shape index (κ2) is 13.8. The highest BCUT2D eigenvalue weighted by atomic mass is 35.5. The van der Waals surface area contributed by atoms with Gasteiger partial charge in [-0.15, -0.1) is 0 Å². The summed E-state index contributed by atoms with van der Waals surface area (Å²) in [4.78, 5) is 24.3. The van der Waals surface area contributed by atoms with Gasteiger partial charge in [0.05, 0.1) is 13.7 Å². The third-order valence-corrected chi connectivity index (χ3v) is 4.76.